The summed E-state index contributed by atoms with van der Waals surface area (Å²) >= 11 is 5.93. The van der Waals surface area contributed by atoms with Gasteiger partial charge in [-0.05, 0) is 37.6 Å². The molecule has 1 aliphatic heterocycles. The number of carbonyl (C=O) groups excluding carboxylic acids is 1. The molecule has 13 heteroatoms. The van der Waals surface area contributed by atoms with Crippen molar-refractivity contribution in [3.8, 4) is 17.2 Å². The maximum Gasteiger partial charge on any atom is 0.416 e. The van der Waals surface area contributed by atoms with E-state index in [0.29, 0.717) is 25.7 Å². The van der Waals surface area contributed by atoms with E-state index < -0.39 is 46.7 Å². The molecular weight excluding hydrogens is 521 g/mol. The van der Waals surface area contributed by atoms with E-state index in [0.717, 1.165) is 37.1 Å². The fourth-order valence-electron chi connectivity index (χ4n) is 3.54. The molecule has 1 fully saturated rings. The normalized spacial score (nSPS) is 15.7. The summed E-state index contributed by atoms with van der Waals surface area (Å²) in [4.78, 5) is 23.7. The molecule has 0 bridgehead atoms. The molecule has 1 amide bonds. The molecule has 1 aliphatic rings. The number of rotatable bonds is 11. The van der Waals surface area contributed by atoms with Gasteiger partial charge in [-0.3, -0.25) is 14.9 Å². The van der Waals surface area contributed by atoms with E-state index in [1.54, 1.807) is 0 Å². The summed E-state index contributed by atoms with van der Waals surface area (Å²) in [5.41, 5.74) is -1.39. The van der Waals surface area contributed by atoms with E-state index in [1.165, 1.54) is 13.0 Å². The third-order valence-corrected chi connectivity index (χ3v) is 5.76. The minimum absolute atomic E-state index is 0.00319. The van der Waals surface area contributed by atoms with Crippen LogP contribution < -0.4 is 14.8 Å². The average molecular weight is 547 g/mol. The Morgan fingerprint density at radius 3 is 2.51 bits per heavy atom. The van der Waals surface area contributed by atoms with Gasteiger partial charge in [0.05, 0.1) is 34.8 Å². The van der Waals surface area contributed by atoms with Crippen LogP contribution in [0.3, 0.4) is 0 Å². The third kappa shape index (κ3) is 7.70. The Morgan fingerprint density at radius 2 is 1.92 bits per heavy atom. The third-order valence-electron chi connectivity index (χ3n) is 5.46. The van der Waals surface area contributed by atoms with Crippen molar-refractivity contribution in [2.24, 2.45) is 0 Å². The van der Waals surface area contributed by atoms with E-state index in [1.807, 2.05) is 6.92 Å². The summed E-state index contributed by atoms with van der Waals surface area (Å²) in [5, 5.41) is 14.0. The van der Waals surface area contributed by atoms with Crippen molar-refractivity contribution < 1.29 is 41.8 Å². The van der Waals surface area contributed by atoms with Gasteiger partial charge in [0.15, 0.2) is 12.4 Å². The Morgan fingerprint density at radius 1 is 1.22 bits per heavy atom. The van der Waals surface area contributed by atoms with Gasteiger partial charge in [-0.2, -0.15) is 13.2 Å². The maximum atomic E-state index is 12.9. The monoisotopic (exact) mass is 546 g/mol. The van der Waals surface area contributed by atoms with Crippen LogP contribution in [0.4, 0.5) is 18.9 Å². The Labute approximate surface area is 215 Å². The van der Waals surface area contributed by atoms with Crippen LogP contribution in [0, 0.1) is 10.1 Å². The van der Waals surface area contributed by atoms with Gasteiger partial charge in [0.1, 0.15) is 11.5 Å². The number of amides is 1. The number of carbonyl (C=O) groups is 1. The van der Waals surface area contributed by atoms with Gasteiger partial charge < -0.3 is 24.3 Å². The Bertz CT molecular complexity index is 1110. The number of nitro benzene ring substituents is 1. The molecule has 37 heavy (non-hydrogen) atoms. The molecule has 1 N–H and O–H groups in total. The maximum absolute atomic E-state index is 12.9. The van der Waals surface area contributed by atoms with E-state index in [-0.39, 0.29) is 22.3 Å². The number of hydrogen-bond acceptors (Lipinski definition) is 7. The van der Waals surface area contributed by atoms with Crippen LogP contribution in [0.15, 0.2) is 36.4 Å². The predicted molar refractivity (Wildman–Crippen MR) is 127 cm³/mol. The molecule has 0 radical (unpaired) electrons. The van der Waals surface area contributed by atoms with Crippen LogP contribution in [0.1, 0.15) is 38.7 Å². The van der Waals surface area contributed by atoms with Crippen LogP contribution in [-0.2, 0) is 20.4 Å². The largest absolute Gasteiger partial charge is 0.474 e. The second-order valence-electron chi connectivity index (χ2n) is 8.26. The number of ether oxygens (including phenoxy) is 4. The first-order valence-corrected chi connectivity index (χ1v) is 11.9. The zero-order valence-corrected chi connectivity index (χ0v) is 20.8. The predicted octanol–water partition coefficient (Wildman–Crippen LogP) is 5.87. The van der Waals surface area contributed by atoms with Gasteiger partial charge in [-0.1, -0.05) is 31.4 Å². The highest BCUT2D eigenvalue weighted by Gasteiger charge is 2.32. The smallest absolute Gasteiger partial charge is 0.416 e. The lowest BCUT2D eigenvalue weighted by Gasteiger charge is -2.25. The molecule has 2 unspecified atom stereocenters. The van der Waals surface area contributed by atoms with Gasteiger partial charge >= 0.3 is 11.9 Å². The summed E-state index contributed by atoms with van der Waals surface area (Å²) in [5.74, 6) is -0.905. The molecule has 3 rings (SSSR count). The Kier molecular flexibility index (Phi) is 9.57. The van der Waals surface area contributed by atoms with Gasteiger partial charge in [0.2, 0.25) is 5.75 Å². The van der Waals surface area contributed by atoms with Crippen molar-refractivity contribution in [1.82, 2.24) is 5.32 Å². The fraction of sp³-hybridized carbons (Fsp3) is 0.458. The molecule has 2 atom stereocenters. The quantitative estimate of drug-likeness (QED) is 0.277. The first-order chi connectivity index (χ1) is 17.5. The van der Waals surface area contributed by atoms with E-state index in [4.69, 9.17) is 30.5 Å². The number of unbranched alkanes of at least 4 members (excludes halogenated alkanes) is 1. The second kappa shape index (κ2) is 12.4. The van der Waals surface area contributed by atoms with E-state index in [9.17, 15) is 28.1 Å². The number of halogens is 4. The van der Waals surface area contributed by atoms with E-state index in [2.05, 4.69) is 5.32 Å². The Hall–Kier alpha value is -3.09. The summed E-state index contributed by atoms with van der Waals surface area (Å²) in [7, 11) is 0. The van der Waals surface area contributed by atoms with Crippen LogP contribution in [0.2, 0.25) is 5.02 Å². The average Bonchev–Trinajstić information content (AvgIpc) is 3.37. The molecule has 0 aromatic heterocycles. The van der Waals surface area contributed by atoms with Crippen molar-refractivity contribution >= 4 is 23.2 Å². The fourth-order valence-corrected chi connectivity index (χ4v) is 3.76. The van der Waals surface area contributed by atoms with Gasteiger partial charge in [0.25, 0.3) is 5.91 Å². The van der Waals surface area contributed by atoms with Crippen molar-refractivity contribution in [3.63, 3.8) is 0 Å². The number of nitrogens with one attached hydrogen (secondary N) is 1. The first-order valence-electron chi connectivity index (χ1n) is 11.5. The molecular formula is C24H26ClF3N2O7. The number of hydrogen-bond donors (Lipinski definition) is 1. The topological polar surface area (TPSA) is 109 Å². The van der Waals surface area contributed by atoms with Crippen LogP contribution in [0.25, 0.3) is 0 Å². The molecule has 1 saturated heterocycles. The summed E-state index contributed by atoms with van der Waals surface area (Å²) in [6, 6.07) is 5.60. The molecule has 9 nitrogen and oxygen atoms in total. The molecule has 0 aliphatic carbocycles. The minimum Gasteiger partial charge on any atom is -0.474 e. The summed E-state index contributed by atoms with van der Waals surface area (Å²) in [6.45, 7) is 4.26. The van der Waals surface area contributed by atoms with Crippen LogP contribution >= 0.6 is 11.6 Å². The number of nitro groups is 1. The highest BCUT2D eigenvalue weighted by Crippen LogP contribution is 2.38. The standard InChI is InChI=1S/C24H26ClF3N2O7/c1-3-4-5-18(23-34-10-11-35-23)29-22(31)14(2)36-21-13-16(7-8-19(21)30(32)33)37-20-9-6-15(12-17(20)25)24(26,27)28/h6-9,12-14,18,23H,3-5,10-11H2,1-2H3,(H,29,31). The van der Waals surface area contributed by atoms with Gasteiger partial charge in [-0.15, -0.1) is 0 Å². The lowest BCUT2D eigenvalue weighted by Crippen LogP contribution is -2.48. The second-order valence-corrected chi connectivity index (χ2v) is 8.67. The lowest BCUT2D eigenvalue weighted by atomic mass is 10.1. The molecule has 202 valence electrons. The van der Waals surface area contributed by atoms with Crippen molar-refractivity contribution in [1.29, 1.82) is 0 Å². The molecule has 0 saturated carbocycles. The van der Waals surface area contributed by atoms with Gasteiger partial charge in [0, 0.05) is 12.1 Å². The SMILES string of the molecule is CCCCC(NC(=O)C(C)Oc1cc(Oc2ccc(C(F)(F)F)cc2Cl)ccc1[N+](=O)[O-])C1OCCO1. The van der Waals surface area contributed by atoms with Crippen molar-refractivity contribution in [3.05, 3.63) is 57.1 Å². The highest BCUT2D eigenvalue weighted by atomic mass is 35.5. The number of benzene rings is 2. The molecule has 2 aromatic rings. The van der Waals surface area contributed by atoms with Crippen LogP contribution in [0.5, 0.6) is 17.2 Å². The van der Waals surface area contributed by atoms with Crippen molar-refractivity contribution in [2.75, 3.05) is 13.2 Å². The van der Waals surface area contributed by atoms with E-state index >= 15 is 0 Å². The zero-order chi connectivity index (χ0) is 27.2. The lowest BCUT2D eigenvalue weighted by molar-refractivity contribution is -0.386. The van der Waals surface area contributed by atoms with Crippen LogP contribution in [-0.4, -0.2) is 42.5 Å². The molecule has 2 aromatic carbocycles. The number of nitrogens with zero attached hydrogens (tertiary/aromatic N) is 1. The zero-order valence-electron chi connectivity index (χ0n) is 20.0. The molecule has 0 spiro atoms. The molecule has 1 heterocycles. The number of alkyl halides is 3. The summed E-state index contributed by atoms with van der Waals surface area (Å²) in [6.07, 6.45) is -4.00. The highest BCUT2D eigenvalue weighted by molar-refractivity contribution is 6.32. The first kappa shape index (κ1) is 28.5. The van der Waals surface area contributed by atoms with Crippen molar-refractivity contribution in [2.45, 2.75) is 57.7 Å². The van der Waals surface area contributed by atoms with Gasteiger partial charge in [-0.25, -0.2) is 0 Å². The Balaban J connectivity index is 1.76. The summed E-state index contributed by atoms with van der Waals surface area (Å²) < 4.78 is 60.8. The minimum atomic E-state index is -4.58.